The molecule has 0 amide bonds. The number of quaternary nitrogens is 1. The molecule has 1 N–H and O–H groups in total. The first-order valence-electron chi connectivity index (χ1n) is 14.0. The highest BCUT2D eigenvalue weighted by atomic mass is 79.9. The Morgan fingerprint density at radius 3 is 2.57 bits per heavy atom. The molecule has 1 aliphatic rings. The summed E-state index contributed by atoms with van der Waals surface area (Å²) in [6, 6.07) is 14.6. The number of esters is 1. The van der Waals surface area contributed by atoms with Gasteiger partial charge in [0.15, 0.2) is 0 Å². The van der Waals surface area contributed by atoms with Crippen molar-refractivity contribution in [3.05, 3.63) is 117 Å². The van der Waals surface area contributed by atoms with E-state index >= 15 is 0 Å². The molecule has 14 heteroatoms. The Hall–Kier alpha value is -4.74. The van der Waals surface area contributed by atoms with Gasteiger partial charge in [0.05, 0.1) is 50.5 Å². The van der Waals surface area contributed by atoms with Crippen LogP contribution in [0.3, 0.4) is 0 Å². The Balaban J connectivity index is 0.00000480. The van der Waals surface area contributed by atoms with Gasteiger partial charge in [-0.05, 0) is 54.4 Å². The number of nitrogens with one attached hydrogen (secondary N) is 1. The van der Waals surface area contributed by atoms with Crippen LogP contribution in [0.25, 0.3) is 0 Å². The fourth-order valence-corrected chi connectivity index (χ4v) is 5.73. The van der Waals surface area contributed by atoms with Gasteiger partial charge in [-0.15, -0.1) is 5.10 Å². The van der Waals surface area contributed by atoms with Gasteiger partial charge in [-0.25, -0.2) is 19.3 Å². The third-order valence-electron chi connectivity index (χ3n) is 7.87. The van der Waals surface area contributed by atoms with E-state index in [4.69, 9.17) is 4.74 Å². The molecule has 0 bridgehead atoms. The highest BCUT2D eigenvalue weighted by Gasteiger charge is 2.41. The van der Waals surface area contributed by atoms with Gasteiger partial charge in [-0.3, -0.25) is 9.88 Å². The van der Waals surface area contributed by atoms with Gasteiger partial charge in [-0.2, -0.15) is 18.4 Å². The van der Waals surface area contributed by atoms with Crippen LogP contribution in [0.15, 0.2) is 83.1 Å². The maximum Gasteiger partial charge on any atom is 0.416 e. The van der Waals surface area contributed by atoms with Crippen LogP contribution in [-0.4, -0.2) is 58.0 Å². The second kappa shape index (κ2) is 13.3. The number of ether oxygens (including phenoxy) is 1. The number of methoxy groups -OCH3 is 1. The van der Waals surface area contributed by atoms with Crippen LogP contribution in [0.2, 0.25) is 0 Å². The van der Waals surface area contributed by atoms with E-state index in [2.05, 4.69) is 35.3 Å². The molecule has 3 heterocycles. The number of nitrogens with zero attached hydrogens (tertiary/aromatic N) is 6. The van der Waals surface area contributed by atoms with Crippen LogP contribution >= 0.6 is 0 Å². The molecule has 1 aliphatic heterocycles. The molecule has 2 aromatic heterocycles. The average Bonchev–Trinajstić information content (AvgIpc) is 3.39. The van der Waals surface area contributed by atoms with Crippen LogP contribution in [0, 0.1) is 11.3 Å². The van der Waals surface area contributed by atoms with Gasteiger partial charge in [0, 0.05) is 35.8 Å². The van der Waals surface area contributed by atoms with Crippen molar-refractivity contribution in [1.82, 2.24) is 19.7 Å². The van der Waals surface area contributed by atoms with Crippen molar-refractivity contribution in [3.8, 4) is 6.07 Å². The van der Waals surface area contributed by atoms with Crippen molar-refractivity contribution in [2.75, 3.05) is 32.6 Å². The summed E-state index contributed by atoms with van der Waals surface area (Å²) >= 11 is 0. The van der Waals surface area contributed by atoms with Gasteiger partial charge in [0.1, 0.15) is 12.6 Å². The summed E-state index contributed by atoms with van der Waals surface area (Å²) in [6.45, 7) is 2.89. The Kier molecular flexibility index (Phi) is 9.88. The number of rotatable bonds is 8. The second-order valence-corrected chi connectivity index (χ2v) is 11.4. The molecule has 1 atom stereocenters. The van der Waals surface area contributed by atoms with E-state index in [0.717, 1.165) is 23.3 Å². The minimum Gasteiger partial charge on any atom is -1.00 e. The van der Waals surface area contributed by atoms with E-state index < -0.39 is 29.4 Å². The summed E-state index contributed by atoms with van der Waals surface area (Å²) in [6.07, 6.45) is -0.630. The van der Waals surface area contributed by atoms with Crippen molar-refractivity contribution < 1.29 is 44.2 Å². The van der Waals surface area contributed by atoms with E-state index in [1.807, 2.05) is 18.3 Å². The third kappa shape index (κ3) is 6.75. The predicted molar refractivity (Wildman–Crippen MR) is 159 cm³/mol. The number of aromatic amines is 1. The Morgan fingerprint density at radius 1 is 1.15 bits per heavy atom. The molecule has 240 valence electrons. The number of fused-ring (bicyclic) bond motifs is 1. The lowest BCUT2D eigenvalue weighted by atomic mass is 9.89. The first kappa shape index (κ1) is 34.1. The van der Waals surface area contributed by atoms with Crippen molar-refractivity contribution in [2.45, 2.75) is 32.1 Å². The van der Waals surface area contributed by atoms with E-state index in [0.29, 0.717) is 35.1 Å². The topological polar surface area (TPSA) is 117 Å². The molecule has 5 rings (SSSR count). The molecule has 46 heavy (non-hydrogen) atoms. The predicted octanol–water partition coefficient (Wildman–Crippen LogP) is 1.87. The van der Waals surface area contributed by atoms with E-state index in [1.54, 1.807) is 31.3 Å². The number of carbonyl (C=O) groups is 1. The van der Waals surface area contributed by atoms with Crippen LogP contribution in [0.5, 0.6) is 0 Å². The molecular formula is C32H31BrF3N7O3. The fourth-order valence-electron chi connectivity index (χ4n) is 5.73. The minimum atomic E-state index is -4.62. The molecular weight excluding hydrogens is 667 g/mol. The van der Waals surface area contributed by atoms with Crippen LogP contribution in [0.4, 0.5) is 24.8 Å². The molecule has 0 unspecified atom stereocenters. The number of halogens is 4. The molecule has 0 aliphatic carbocycles. The van der Waals surface area contributed by atoms with E-state index in [-0.39, 0.29) is 39.9 Å². The maximum atomic E-state index is 13.7. The smallest absolute Gasteiger partial charge is 0.416 e. The number of allylic oxidation sites excluding steroid dienone is 1. The number of anilines is 2. The first-order valence-corrected chi connectivity index (χ1v) is 14.0. The van der Waals surface area contributed by atoms with Crippen molar-refractivity contribution in [2.24, 2.45) is 0 Å². The number of aromatic nitrogens is 4. The lowest BCUT2D eigenvalue weighted by Crippen LogP contribution is -3.00. The molecule has 0 fully saturated rings. The van der Waals surface area contributed by atoms with E-state index in [1.165, 1.54) is 28.7 Å². The number of H-pyrrole nitrogens is 1. The zero-order chi connectivity index (χ0) is 32.5. The summed E-state index contributed by atoms with van der Waals surface area (Å²) < 4.78 is 47.9. The normalized spacial score (nSPS) is 14.7. The number of hydrogen-bond donors (Lipinski definition) is 1. The third-order valence-corrected chi connectivity index (χ3v) is 7.87. The fraction of sp³-hybridized carbons (Fsp3) is 0.281. The van der Waals surface area contributed by atoms with Crippen molar-refractivity contribution >= 4 is 17.6 Å². The van der Waals surface area contributed by atoms with Gasteiger partial charge < -0.3 is 26.2 Å². The lowest BCUT2D eigenvalue weighted by Gasteiger charge is -2.36. The van der Waals surface area contributed by atoms with Crippen molar-refractivity contribution in [1.29, 1.82) is 5.26 Å². The van der Waals surface area contributed by atoms with Crippen molar-refractivity contribution in [3.63, 3.8) is 0 Å². The Bertz CT molecular complexity index is 1880. The van der Waals surface area contributed by atoms with Crippen LogP contribution < -0.4 is 27.6 Å². The largest absolute Gasteiger partial charge is 1.00 e. The monoisotopic (exact) mass is 697 g/mol. The number of pyridine rings is 1. The Morgan fingerprint density at radius 2 is 1.91 bits per heavy atom. The van der Waals surface area contributed by atoms with Gasteiger partial charge >= 0.3 is 17.8 Å². The number of nitriles is 1. The zero-order valence-corrected chi connectivity index (χ0v) is 27.1. The molecule has 2 aromatic carbocycles. The van der Waals surface area contributed by atoms with Gasteiger partial charge in [0.2, 0.25) is 5.95 Å². The van der Waals surface area contributed by atoms with Crippen LogP contribution in [-0.2, 0) is 28.7 Å². The first-order chi connectivity index (χ1) is 21.3. The molecule has 0 spiro atoms. The quantitative estimate of drug-likeness (QED) is 0.221. The number of carbonyl (C=O) groups excluding carboxylic acids is 1. The molecule has 0 radical (unpaired) electrons. The standard InChI is InChI=1S/C32H30F3N7O3.BrH/c1-20-27(29(43)45-4)28(41-30(38-39-31(41)44)40(20)25-9-5-8-24(16-25)32(33,34)35)26-11-10-21(17-36)15-23(26)12-14-42(2,3)19-22-7-6-13-37-18-22;/h5-11,13,15-16,18,28H,12,14,19H2,1-4H3;1H/t28-;/m1./s1. The molecule has 0 saturated heterocycles. The van der Waals surface area contributed by atoms with Gasteiger partial charge in [0.25, 0.3) is 0 Å². The minimum absolute atomic E-state index is 0. The summed E-state index contributed by atoms with van der Waals surface area (Å²) in [7, 11) is 5.33. The number of alkyl halides is 3. The summed E-state index contributed by atoms with van der Waals surface area (Å²) in [5, 5.41) is 16.3. The molecule has 10 nitrogen and oxygen atoms in total. The zero-order valence-electron chi connectivity index (χ0n) is 25.5. The molecule has 4 aromatic rings. The highest BCUT2D eigenvalue weighted by molar-refractivity contribution is 5.93. The number of hydrogen-bond acceptors (Lipinski definition) is 7. The molecule has 0 saturated carbocycles. The second-order valence-electron chi connectivity index (χ2n) is 11.4. The van der Waals surface area contributed by atoms with E-state index in [9.17, 15) is 28.0 Å². The average molecular weight is 699 g/mol. The number of benzene rings is 2. The lowest BCUT2D eigenvalue weighted by molar-refractivity contribution is -0.903. The summed E-state index contributed by atoms with van der Waals surface area (Å²) in [5.74, 6) is -0.770. The Labute approximate surface area is 273 Å². The highest BCUT2D eigenvalue weighted by Crippen LogP contribution is 2.43. The SMILES string of the molecule is COC(=O)C1=C(C)N(c2cccc(C(F)(F)F)c2)c2n[nH]c(=O)n2[C@@H]1c1ccc(C#N)cc1CC[N+](C)(C)Cc1cccnc1.[Br-]. The maximum absolute atomic E-state index is 13.7. The number of likely N-dealkylation sites (N-methyl/N-ethyl adjacent to an activating group) is 1. The summed E-state index contributed by atoms with van der Waals surface area (Å²) in [5.41, 5.74) is 1.48. The summed E-state index contributed by atoms with van der Waals surface area (Å²) in [4.78, 5) is 32.4. The van der Waals surface area contributed by atoms with Crippen LogP contribution in [0.1, 0.15) is 40.8 Å². The van der Waals surface area contributed by atoms with Gasteiger partial charge in [-0.1, -0.05) is 18.2 Å².